The maximum atomic E-state index is 9.48. The molecule has 0 amide bonds. The minimum atomic E-state index is 0.0974. The normalized spacial score (nSPS) is 11.4. The summed E-state index contributed by atoms with van der Waals surface area (Å²) < 4.78 is 4.57. The van der Waals surface area contributed by atoms with Crippen molar-refractivity contribution < 1.29 is 0 Å². The van der Waals surface area contributed by atoms with Gasteiger partial charge in [0.25, 0.3) is 0 Å². The molecule has 0 fully saturated rings. The van der Waals surface area contributed by atoms with Crippen LogP contribution in [-0.2, 0) is 32.5 Å². The molecule has 8 nitrogen and oxygen atoms in total. The van der Waals surface area contributed by atoms with E-state index in [1.54, 1.807) is 0 Å². The van der Waals surface area contributed by atoms with Crippen LogP contribution < -0.4 is 0 Å². The van der Waals surface area contributed by atoms with Gasteiger partial charge in [-0.25, -0.2) is 0 Å². The minimum Gasteiger partial charge on any atom is -0.309 e. The predicted octanol–water partition coefficient (Wildman–Crippen LogP) is 37.3. The zero-order chi connectivity index (χ0) is 105. The average molecular weight is 1920 g/mol. The van der Waals surface area contributed by atoms with Crippen LogP contribution in [0.25, 0.3) is 154 Å². The summed E-state index contributed by atoms with van der Waals surface area (Å²) in [6, 6.07) is 160. The third-order valence-corrected chi connectivity index (χ3v) is 27.5. The van der Waals surface area contributed by atoms with Crippen molar-refractivity contribution in [2.75, 3.05) is 0 Å². The summed E-state index contributed by atoms with van der Waals surface area (Å²) in [6.07, 6.45) is 0. The third-order valence-electron chi connectivity index (χ3n) is 27.5. The van der Waals surface area contributed by atoms with Crippen LogP contribution in [0, 0.1) is 68.0 Å². The molecule has 148 heavy (non-hydrogen) atoms. The molecule has 724 valence electrons. The Morgan fingerprint density at radius 1 is 0.162 bits per heavy atom. The summed E-state index contributed by atoms with van der Waals surface area (Å²) in [7, 11) is 0. The van der Waals surface area contributed by atoms with Crippen molar-refractivity contribution in [2.24, 2.45) is 0 Å². The van der Waals surface area contributed by atoms with E-state index in [-0.39, 0.29) is 32.5 Å². The van der Waals surface area contributed by atoms with Gasteiger partial charge in [0.2, 0.25) is 0 Å². The molecule has 21 aromatic rings. The maximum Gasteiger partial charge on any atom is 0.0998 e. The van der Waals surface area contributed by atoms with E-state index in [0.717, 1.165) is 77.3 Å². The molecule has 0 atom stereocenters. The van der Waals surface area contributed by atoms with Crippen molar-refractivity contribution >= 4 is 65.2 Å². The molecule has 0 aliphatic rings. The molecule has 0 saturated heterocycles. The average Bonchev–Trinajstić information content (AvgIpc) is 1.59. The van der Waals surface area contributed by atoms with Gasteiger partial charge in [-0.3, -0.25) is 0 Å². The number of rotatable bonds is 9. The van der Waals surface area contributed by atoms with Crippen molar-refractivity contribution in [2.45, 2.75) is 157 Å². The molecule has 0 N–H and O–H groups in total. The maximum absolute atomic E-state index is 9.48. The molecule has 0 aliphatic heterocycles. The summed E-state index contributed by atoms with van der Waals surface area (Å²) in [5, 5.41) is 64.1. The SMILES string of the molecule is CC(C)(C)c1ccc(-c2ccc(-c3ccc(C#N)cc3)cc2)cc1.CC(C)(C)c1ccc(-c2cccc(-c3cccc(C#N)c3)c2)cc1.CC(C)(C)c1ccc(-c2cccc3c(C#N)cccc23)cc1.CC(C)(C)c1ccc2c3ccccc3n(-c3ccc(C#N)cc3)c2c1.CC(C)(C)c1ccc2cc(-c3ccc(C#N)cc3)ccc2c1.CC(C)(C)c1cccc(-c2ccc3c(c2)c2cc(C#N)ccc2n3-c2ccccc2)c1. The molecular weight excluding hydrogens is 1790 g/mol. The molecular formula is C140H124N8. The summed E-state index contributed by atoms with van der Waals surface area (Å²) >= 11 is 0. The lowest BCUT2D eigenvalue weighted by atomic mass is 9.85. The number of nitrogens with zero attached hydrogens (tertiary/aromatic N) is 8. The number of hydrogen-bond donors (Lipinski definition) is 0. The topological polar surface area (TPSA) is 153 Å². The highest BCUT2D eigenvalue weighted by molar-refractivity contribution is 6.12. The Bertz CT molecular complexity index is 8670. The molecule has 2 heterocycles. The molecule has 2 aromatic heterocycles. The Morgan fingerprint density at radius 2 is 0.480 bits per heavy atom. The first-order valence-corrected chi connectivity index (χ1v) is 50.6. The Labute approximate surface area is 873 Å². The zero-order valence-electron chi connectivity index (χ0n) is 88.0. The van der Waals surface area contributed by atoms with Gasteiger partial charge in [0, 0.05) is 38.3 Å². The molecule has 0 unspecified atom stereocenters. The molecule has 0 spiro atoms. The summed E-state index contributed by atoms with van der Waals surface area (Å²) in [4.78, 5) is 0. The van der Waals surface area contributed by atoms with Gasteiger partial charge in [0.1, 0.15) is 0 Å². The lowest BCUT2D eigenvalue weighted by molar-refractivity contribution is 0.590. The summed E-state index contributed by atoms with van der Waals surface area (Å²) in [5.41, 5.74) is 36.3. The second-order valence-corrected chi connectivity index (χ2v) is 44.1. The zero-order valence-corrected chi connectivity index (χ0v) is 88.0. The smallest absolute Gasteiger partial charge is 0.0998 e. The first-order chi connectivity index (χ1) is 70.9. The second kappa shape index (κ2) is 43.8. The number of fused-ring (bicyclic) bond motifs is 8. The standard InChI is InChI=1S/C29H24N2.C23H20N2.2C23H21N.2C21H19N/c1-29(2,3)23-9-7-8-21(17-23)22-13-15-28-26(18-22)25-16-20(19-30)12-14-27(25)31(28)24-10-5-4-6-11-24;1-23(2,3)17-10-13-20-19-6-4-5-7-21(19)25(22(20)14-17)18-11-8-16(15-24)9-12-18;1-23(2,3)22-14-12-21(13-15-22)20-10-8-19(9-11-20)18-6-4-17(16-24)5-7-18;1-23(2,3)22-12-10-18(11-13-22)20-8-5-9-21(15-20)19-7-4-6-17(14-19)16-24;1-21(2,3)20-11-10-18-12-17(8-9-19(18)13-20)16-6-4-15(14-22)5-7-16;1-21(2,3)17-12-10-15(11-13-17)18-7-5-8-19-16(14-22)6-4-9-20(18)19/h4-18H,1-3H3;4-14H,1-3H3;2*4-15H,1-3H3;2*4-13H,1-3H3. The van der Waals surface area contributed by atoms with Crippen LogP contribution in [0.5, 0.6) is 0 Å². The molecule has 19 aromatic carbocycles. The van der Waals surface area contributed by atoms with Gasteiger partial charge in [-0.15, -0.1) is 0 Å². The monoisotopic (exact) mass is 1920 g/mol. The van der Waals surface area contributed by atoms with Gasteiger partial charge in [-0.05, 0) is 293 Å². The van der Waals surface area contributed by atoms with Crippen LogP contribution in [0.2, 0.25) is 0 Å². The third kappa shape index (κ3) is 24.0. The van der Waals surface area contributed by atoms with Gasteiger partial charge in [-0.2, -0.15) is 31.6 Å². The minimum absolute atomic E-state index is 0.0974. The number of benzene rings is 19. The van der Waals surface area contributed by atoms with E-state index in [9.17, 15) is 10.5 Å². The summed E-state index contributed by atoms with van der Waals surface area (Å²) in [6.45, 7) is 40.2. The van der Waals surface area contributed by atoms with E-state index in [4.69, 9.17) is 21.0 Å². The number of aromatic nitrogens is 2. The lowest BCUT2D eigenvalue weighted by Crippen LogP contribution is -2.10. The van der Waals surface area contributed by atoms with Gasteiger partial charge in [-0.1, -0.05) is 416 Å². The van der Waals surface area contributed by atoms with E-state index in [2.05, 4.69) is 455 Å². The fourth-order valence-electron chi connectivity index (χ4n) is 18.7. The van der Waals surface area contributed by atoms with E-state index in [1.165, 1.54) is 116 Å². The lowest BCUT2D eigenvalue weighted by Gasteiger charge is -2.20. The second-order valence-electron chi connectivity index (χ2n) is 44.1. The van der Waals surface area contributed by atoms with Crippen LogP contribution in [0.3, 0.4) is 0 Å². The quantitative estimate of drug-likeness (QED) is 0.140. The highest BCUT2D eigenvalue weighted by atomic mass is 15.0. The Hall–Kier alpha value is -17.8. The largest absolute Gasteiger partial charge is 0.309 e. The van der Waals surface area contributed by atoms with Crippen LogP contribution in [0.15, 0.2) is 425 Å². The van der Waals surface area contributed by atoms with Gasteiger partial charge >= 0.3 is 0 Å². The fourth-order valence-corrected chi connectivity index (χ4v) is 18.7. The first-order valence-electron chi connectivity index (χ1n) is 50.6. The predicted molar refractivity (Wildman–Crippen MR) is 621 cm³/mol. The molecule has 21 rings (SSSR count). The number of hydrogen-bond acceptors (Lipinski definition) is 6. The highest BCUT2D eigenvalue weighted by Crippen LogP contribution is 2.42. The van der Waals surface area contributed by atoms with E-state index >= 15 is 0 Å². The van der Waals surface area contributed by atoms with Crippen LogP contribution in [-0.4, -0.2) is 9.13 Å². The van der Waals surface area contributed by atoms with E-state index < -0.39 is 0 Å². The van der Waals surface area contributed by atoms with Crippen molar-refractivity contribution in [3.8, 4) is 126 Å². The molecule has 0 aliphatic carbocycles. The Morgan fingerprint density at radius 3 is 1.01 bits per heavy atom. The van der Waals surface area contributed by atoms with E-state index in [1.807, 2.05) is 140 Å². The summed E-state index contributed by atoms with van der Waals surface area (Å²) in [5.74, 6) is 0. The molecule has 0 bridgehead atoms. The van der Waals surface area contributed by atoms with Crippen LogP contribution in [0.1, 0.15) is 191 Å². The number of para-hydroxylation sites is 2. The van der Waals surface area contributed by atoms with Crippen LogP contribution in [0.4, 0.5) is 0 Å². The van der Waals surface area contributed by atoms with Gasteiger partial charge in [0.15, 0.2) is 0 Å². The molecule has 8 heteroatoms. The first kappa shape index (κ1) is 103. The van der Waals surface area contributed by atoms with Gasteiger partial charge in [0.05, 0.1) is 91.9 Å². The Balaban J connectivity index is 0.000000127. The fraction of sp³-hybridized carbons (Fsp3) is 0.171. The highest BCUT2D eigenvalue weighted by Gasteiger charge is 2.24. The number of nitriles is 6. The van der Waals surface area contributed by atoms with Gasteiger partial charge < -0.3 is 9.13 Å². The van der Waals surface area contributed by atoms with Crippen molar-refractivity contribution in [3.63, 3.8) is 0 Å². The molecule has 0 saturated carbocycles. The molecule has 0 radical (unpaired) electrons. The van der Waals surface area contributed by atoms with Crippen molar-refractivity contribution in [1.29, 1.82) is 31.6 Å². The Kier molecular flexibility index (Phi) is 30.5. The van der Waals surface area contributed by atoms with E-state index in [0.29, 0.717) is 27.8 Å². The van der Waals surface area contributed by atoms with Crippen molar-refractivity contribution in [1.82, 2.24) is 9.13 Å². The van der Waals surface area contributed by atoms with Crippen molar-refractivity contribution in [3.05, 3.63) is 491 Å². The van der Waals surface area contributed by atoms with Crippen LogP contribution >= 0.6 is 0 Å².